The van der Waals surface area contributed by atoms with Crippen LogP contribution in [0.4, 0.5) is 0 Å². The van der Waals surface area contributed by atoms with Crippen LogP contribution >= 0.6 is 0 Å². The highest BCUT2D eigenvalue weighted by atomic mass is 16.3. The van der Waals surface area contributed by atoms with Crippen molar-refractivity contribution in [1.29, 1.82) is 0 Å². The molecule has 0 saturated heterocycles. The summed E-state index contributed by atoms with van der Waals surface area (Å²) in [5.41, 5.74) is 8.12. The van der Waals surface area contributed by atoms with Gasteiger partial charge in [-0.3, -0.25) is 0 Å². The van der Waals surface area contributed by atoms with Crippen LogP contribution in [0.3, 0.4) is 0 Å². The molecular weight excluding hydrogens is 639 g/mol. The van der Waals surface area contributed by atoms with Crippen LogP contribution < -0.4 is 0 Å². The molecule has 8 aromatic carbocycles. The van der Waals surface area contributed by atoms with Crippen molar-refractivity contribution in [3.8, 4) is 45.3 Å². The monoisotopic (exact) mass is 665 g/mol. The van der Waals surface area contributed by atoms with E-state index in [1.165, 1.54) is 5.56 Å². The lowest BCUT2D eigenvalue weighted by molar-refractivity contribution is 0.669. The van der Waals surface area contributed by atoms with E-state index in [2.05, 4.69) is 115 Å². The fraction of sp³-hybridized carbons (Fsp3) is 0. The largest absolute Gasteiger partial charge is 0.456 e. The van der Waals surface area contributed by atoms with Gasteiger partial charge in [0.15, 0.2) is 17.5 Å². The third-order valence-electron chi connectivity index (χ3n) is 10.1. The molecule has 0 aliphatic heterocycles. The second-order valence-corrected chi connectivity index (χ2v) is 13.1. The van der Waals surface area contributed by atoms with Crippen molar-refractivity contribution in [2.24, 2.45) is 0 Å². The maximum Gasteiger partial charge on any atom is 0.167 e. The van der Waals surface area contributed by atoms with Crippen molar-refractivity contribution in [3.05, 3.63) is 164 Å². The molecule has 0 N–H and O–H groups in total. The van der Waals surface area contributed by atoms with Gasteiger partial charge in [-0.05, 0) is 57.6 Å². The summed E-state index contributed by atoms with van der Waals surface area (Å²) in [5, 5.41) is 8.58. The molecule has 0 aliphatic rings. The Labute approximate surface area is 297 Å². The Morgan fingerprint density at radius 2 is 0.923 bits per heavy atom. The number of para-hydroxylation sites is 2. The lowest BCUT2D eigenvalue weighted by Crippen LogP contribution is -2.00. The van der Waals surface area contributed by atoms with E-state index in [1.54, 1.807) is 0 Å². The fourth-order valence-corrected chi connectivity index (χ4v) is 7.68. The Morgan fingerprint density at radius 3 is 1.81 bits per heavy atom. The van der Waals surface area contributed by atoms with Crippen LogP contribution in [-0.2, 0) is 0 Å². The first kappa shape index (κ1) is 28.7. The number of aromatic nitrogens is 3. The predicted molar refractivity (Wildman–Crippen MR) is 211 cm³/mol. The average molecular weight is 666 g/mol. The smallest absolute Gasteiger partial charge is 0.167 e. The van der Waals surface area contributed by atoms with Gasteiger partial charge in [-0.25, -0.2) is 15.0 Å². The number of hydrogen-bond acceptors (Lipinski definition) is 5. The van der Waals surface area contributed by atoms with E-state index in [0.29, 0.717) is 17.5 Å². The molecule has 11 aromatic rings. The van der Waals surface area contributed by atoms with Gasteiger partial charge in [-0.2, -0.15) is 0 Å². The lowest BCUT2D eigenvalue weighted by Gasteiger charge is -2.10. The summed E-state index contributed by atoms with van der Waals surface area (Å²) < 4.78 is 13.2. The second kappa shape index (κ2) is 11.2. The number of rotatable bonds is 4. The van der Waals surface area contributed by atoms with Crippen LogP contribution in [0.2, 0.25) is 0 Å². The highest BCUT2D eigenvalue weighted by Crippen LogP contribution is 2.42. The van der Waals surface area contributed by atoms with Gasteiger partial charge < -0.3 is 8.83 Å². The minimum absolute atomic E-state index is 0.537. The zero-order valence-corrected chi connectivity index (χ0v) is 27.7. The van der Waals surface area contributed by atoms with Crippen molar-refractivity contribution in [1.82, 2.24) is 15.0 Å². The van der Waals surface area contributed by atoms with E-state index in [1.807, 2.05) is 48.5 Å². The molecule has 5 nitrogen and oxygen atoms in total. The minimum Gasteiger partial charge on any atom is -0.456 e. The number of hydrogen-bond donors (Lipinski definition) is 0. The maximum absolute atomic E-state index is 6.88. The summed E-state index contributed by atoms with van der Waals surface area (Å²) >= 11 is 0. The SMILES string of the molecule is c1ccc(-c2cc3c4cccc(-c5nc(-c6ccc7c(c6)oc6ccccc67)nc(-c6cccc7ccccc67)n5)c4oc3c3ccccc23)cc1. The summed E-state index contributed by atoms with van der Waals surface area (Å²) in [6, 6.07) is 56.3. The highest BCUT2D eigenvalue weighted by Gasteiger charge is 2.21. The maximum atomic E-state index is 6.88. The first-order chi connectivity index (χ1) is 25.8. The zero-order chi connectivity index (χ0) is 34.2. The molecular formula is C47H27N3O2. The standard InChI is InChI=1S/C47H27N3O2/c1-2-12-29(13-3-1)39-27-40-36-20-11-22-38(43(36)52-44(40)35-19-7-6-17-32(35)39)47-49-45(30-24-25-34-33-18-8-9-23-41(33)51-42(34)26-30)48-46(50-47)37-21-10-15-28-14-4-5-16-31(28)37/h1-27H. The van der Waals surface area contributed by atoms with Gasteiger partial charge in [-0.15, -0.1) is 0 Å². The molecule has 0 amide bonds. The quantitative estimate of drug-likeness (QED) is 0.187. The van der Waals surface area contributed by atoms with Crippen LogP contribution in [-0.4, -0.2) is 15.0 Å². The zero-order valence-electron chi connectivity index (χ0n) is 27.7. The first-order valence-electron chi connectivity index (χ1n) is 17.4. The van der Waals surface area contributed by atoms with Crippen molar-refractivity contribution >= 4 is 65.4 Å². The van der Waals surface area contributed by atoms with Crippen LogP contribution in [0.1, 0.15) is 0 Å². The molecule has 11 rings (SSSR count). The average Bonchev–Trinajstić information content (AvgIpc) is 3.79. The van der Waals surface area contributed by atoms with Crippen LogP contribution in [0.25, 0.3) is 111 Å². The topological polar surface area (TPSA) is 65.0 Å². The van der Waals surface area contributed by atoms with Gasteiger partial charge in [-0.1, -0.05) is 133 Å². The first-order valence-corrected chi connectivity index (χ1v) is 17.4. The summed E-state index contributed by atoms with van der Waals surface area (Å²) in [7, 11) is 0. The molecule has 242 valence electrons. The normalized spacial score (nSPS) is 11.8. The van der Waals surface area contributed by atoms with Crippen LogP contribution in [0.5, 0.6) is 0 Å². The van der Waals surface area contributed by atoms with E-state index < -0.39 is 0 Å². The van der Waals surface area contributed by atoms with Crippen molar-refractivity contribution in [3.63, 3.8) is 0 Å². The van der Waals surface area contributed by atoms with E-state index in [9.17, 15) is 0 Å². The van der Waals surface area contributed by atoms with Gasteiger partial charge in [0.1, 0.15) is 22.3 Å². The molecule has 3 heterocycles. The fourth-order valence-electron chi connectivity index (χ4n) is 7.68. The molecule has 0 atom stereocenters. The number of nitrogens with zero attached hydrogens (tertiary/aromatic N) is 3. The number of furan rings is 2. The van der Waals surface area contributed by atoms with E-state index in [4.69, 9.17) is 23.8 Å². The second-order valence-electron chi connectivity index (χ2n) is 13.1. The Hall–Kier alpha value is -7.11. The van der Waals surface area contributed by atoms with Gasteiger partial charge >= 0.3 is 0 Å². The molecule has 3 aromatic heterocycles. The van der Waals surface area contributed by atoms with Gasteiger partial charge in [0.2, 0.25) is 0 Å². The summed E-state index contributed by atoms with van der Waals surface area (Å²) in [4.78, 5) is 15.5. The third-order valence-corrected chi connectivity index (χ3v) is 10.1. The van der Waals surface area contributed by atoms with Gasteiger partial charge in [0.25, 0.3) is 0 Å². The number of fused-ring (bicyclic) bond motifs is 9. The van der Waals surface area contributed by atoms with Gasteiger partial charge in [0, 0.05) is 38.1 Å². The Morgan fingerprint density at radius 1 is 0.308 bits per heavy atom. The van der Waals surface area contributed by atoms with Crippen molar-refractivity contribution in [2.75, 3.05) is 0 Å². The Bertz CT molecular complexity index is 3190. The summed E-state index contributed by atoms with van der Waals surface area (Å²) in [6.45, 7) is 0. The third kappa shape index (κ3) is 4.39. The molecule has 0 aliphatic carbocycles. The molecule has 0 saturated carbocycles. The number of benzene rings is 8. The Kier molecular flexibility index (Phi) is 6.18. The van der Waals surface area contributed by atoms with Gasteiger partial charge in [0.05, 0.1) is 5.56 Å². The lowest BCUT2D eigenvalue weighted by atomic mass is 9.95. The molecule has 0 radical (unpaired) electrons. The van der Waals surface area contributed by atoms with Crippen molar-refractivity contribution in [2.45, 2.75) is 0 Å². The highest BCUT2D eigenvalue weighted by molar-refractivity contribution is 6.20. The summed E-state index contributed by atoms with van der Waals surface area (Å²) in [5.74, 6) is 1.68. The van der Waals surface area contributed by atoms with Crippen LogP contribution in [0, 0.1) is 0 Å². The molecule has 0 bridgehead atoms. The molecule has 0 fully saturated rings. The molecule has 5 heteroatoms. The van der Waals surface area contributed by atoms with Crippen LogP contribution in [0.15, 0.2) is 173 Å². The molecule has 0 spiro atoms. The van der Waals surface area contributed by atoms with E-state index in [-0.39, 0.29) is 0 Å². The Balaban J connectivity index is 1.18. The minimum atomic E-state index is 0.537. The molecule has 0 unspecified atom stereocenters. The van der Waals surface area contributed by atoms with E-state index >= 15 is 0 Å². The predicted octanol–water partition coefficient (Wildman–Crippen LogP) is 12.6. The molecule has 52 heavy (non-hydrogen) atoms. The van der Waals surface area contributed by atoms with E-state index in [0.717, 1.165) is 87.7 Å². The summed E-state index contributed by atoms with van der Waals surface area (Å²) in [6.07, 6.45) is 0. The van der Waals surface area contributed by atoms with Crippen molar-refractivity contribution < 1.29 is 8.83 Å².